The first-order valence-corrected chi connectivity index (χ1v) is 14.4. The van der Waals surface area contributed by atoms with E-state index in [0.717, 1.165) is 30.4 Å². The minimum atomic E-state index is -1.14. The van der Waals surface area contributed by atoms with Crippen molar-refractivity contribution in [2.75, 3.05) is 0 Å². The van der Waals surface area contributed by atoms with Crippen molar-refractivity contribution >= 4 is 32.9 Å². The summed E-state index contributed by atoms with van der Waals surface area (Å²) in [6.45, 7) is 0.972. The Hall–Kier alpha value is -0.622. The molecule has 2 saturated carbocycles. The number of hydrogen-bond acceptors (Lipinski definition) is 4. The van der Waals surface area contributed by atoms with Gasteiger partial charge in [0, 0.05) is 16.9 Å². The molecule has 2 aliphatic rings. The van der Waals surface area contributed by atoms with Gasteiger partial charge >= 0.3 is 21.1 Å². The Morgan fingerprint density at radius 3 is 1.55 bits per heavy atom. The van der Waals surface area contributed by atoms with Gasteiger partial charge in [-0.25, -0.2) is 0 Å². The van der Waals surface area contributed by atoms with Crippen molar-refractivity contribution in [3.05, 3.63) is 60.7 Å². The minimum Gasteiger partial charge on any atom is -0.826 e. The summed E-state index contributed by atoms with van der Waals surface area (Å²) in [5, 5.41) is 11.1. The van der Waals surface area contributed by atoms with Gasteiger partial charge in [0.1, 0.15) is 0 Å². The number of aliphatic carboxylic acids is 1. The fourth-order valence-corrected chi connectivity index (χ4v) is 7.69. The number of carboxylic acids is 1. The van der Waals surface area contributed by atoms with Crippen molar-refractivity contribution in [3.8, 4) is 0 Å². The first-order chi connectivity index (χ1) is 15.5. The van der Waals surface area contributed by atoms with Crippen molar-refractivity contribution in [3.63, 3.8) is 0 Å². The Morgan fingerprint density at radius 2 is 1.12 bits per heavy atom. The smallest absolute Gasteiger partial charge is 0.826 e. The van der Waals surface area contributed by atoms with Gasteiger partial charge in [-0.15, -0.1) is 0 Å². The van der Waals surface area contributed by atoms with E-state index in [0.29, 0.717) is 11.3 Å². The maximum absolute atomic E-state index is 12.1. The molecule has 7 heteroatoms. The molecule has 0 bridgehead atoms. The summed E-state index contributed by atoms with van der Waals surface area (Å²) in [5.74, 6) is -1.08. The van der Waals surface area contributed by atoms with Crippen molar-refractivity contribution in [1.82, 2.24) is 0 Å². The predicted molar refractivity (Wildman–Crippen MR) is 133 cm³/mol. The fraction of sp³-hybridized carbons (Fsp3) is 0.500. The summed E-state index contributed by atoms with van der Waals surface area (Å²) in [4.78, 5) is 31.2. The number of carbonyl (C=O) groups is 1. The summed E-state index contributed by atoms with van der Waals surface area (Å²) < 4.78 is 0. The van der Waals surface area contributed by atoms with Crippen LogP contribution in [0.15, 0.2) is 60.7 Å². The van der Waals surface area contributed by atoms with E-state index in [1.54, 1.807) is 0 Å². The third kappa shape index (κ3) is 12.1. The van der Waals surface area contributed by atoms with Gasteiger partial charge in [-0.05, 0) is 43.6 Å². The van der Waals surface area contributed by atoms with E-state index in [1.165, 1.54) is 51.4 Å². The van der Waals surface area contributed by atoms with E-state index in [9.17, 15) is 9.79 Å². The average molecular weight is 670 g/mol. The second-order valence-corrected chi connectivity index (χ2v) is 12.3. The Morgan fingerprint density at radius 1 is 0.758 bits per heavy atom. The van der Waals surface area contributed by atoms with Crippen LogP contribution in [-0.2, 0) is 25.9 Å². The molecule has 33 heavy (non-hydrogen) atoms. The van der Waals surface area contributed by atoms with Crippen molar-refractivity contribution < 1.29 is 40.8 Å². The van der Waals surface area contributed by atoms with E-state index in [1.807, 2.05) is 48.5 Å². The van der Waals surface area contributed by atoms with Gasteiger partial charge in [0.25, 0.3) is 0 Å². The molecule has 0 amide bonds. The summed E-state index contributed by atoms with van der Waals surface area (Å²) in [7, 11) is -2.04. The molecule has 4 nitrogen and oxygen atoms in total. The van der Waals surface area contributed by atoms with Crippen LogP contribution in [0.2, 0.25) is 0 Å². The number of carbonyl (C=O) groups excluding carboxylic acids is 1. The number of carboxylic acid groups (broad SMARTS) is 1. The fourth-order valence-electron chi connectivity index (χ4n) is 4.22. The van der Waals surface area contributed by atoms with Crippen LogP contribution in [0.25, 0.3) is 0 Å². The number of rotatable bonds is 4. The van der Waals surface area contributed by atoms with E-state index in [2.05, 4.69) is 12.1 Å². The summed E-state index contributed by atoms with van der Waals surface area (Å²) in [5.41, 5.74) is 1.00. The van der Waals surface area contributed by atoms with Crippen molar-refractivity contribution in [2.45, 2.75) is 82.4 Å². The topological polar surface area (TPSA) is 83.4 Å². The maximum Gasteiger partial charge on any atom is 2.00 e. The molecule has 2 aliphatic carbocycles. The van der Waals surface area contributed by atoms with E-state index < -0.39 is 22.3 Å². The van der Waals surface area contributed by atoms with Gasteiger partial charge in [-0.3, -0.25) is 0 Å². The van der Waals surface area contributed by atoms with Gasteiger partial charge in [0.05, 0.1) is 8.15 Å². The molecule has 2 fully saturated rings. The zero-order valence-electron chi connectivity index (χ0n) is 19.4. The van der Waals surface area contributed by atoms with E-state index in [4.69, 9.17) is 9.90 Å². The molecule has 0 aliphatic heterocycles. The van der Waals surface area contributed by atoms with Crippen LogP contribution in [0.4, 0.5) is 0 Å². The van der Waals surface area contributed by atoms with E-state index in [-0.39, 0.29) is 21.1 Å². The standard InChI is InChI=1S/C12H17OP.C12H16OP.C2H4O2.Pt/c2*13-14(11-7-3-1-4-8-11)12-9-5-2-6-10-12;1-2(3)4;/h1,3-4,7-8,12-13H,2,5-6,9-10H2;1,3-4,7-8,12H,2,5-6,9-10H2;1H3,(H,3,4);/q;-1;;+2/p-1. The molecule has 0 aromatic heterocycles. The normalized spacial score (nSPS) is 18.3. The minimum absolute atomic E-state index is 0. The predicted octanol–water partition coefficient (Wildman–Crippen LogP) is 4.19. The Kier molecular flexibility index (Phi) is 16.4. The van der Waals surface area contributed by atoms with Gasteiger partial charge in [-0.1, -0.05) is 99.2 Å². The second-order valence-electron chi connectivity index (χ2n) is 8.42. The molecule has 0 heterocycles. The van der Waals surface area contributed by atoms with Gasteiger partial charge in [0.2, 0.25) is 0 Å². The number of benzene rings is 2. The number of hydrogen-bond donors (Lipinski definition) is 1. The first kappa shape index (κ1) is 30.4. The first-order valence-electron chi connectivity index (χ1n) is 11.7. The quantitative estimate of drug-likeness (QED) is 0.496. The van der Waals surface area contributed by atoms with Gasteiger partial charge in [-0.2, -0.15) is 8.15 Å². The van der Waals surface area contributed by atoms with Crippen LogP contribution in [0.3, 0.4) is 0 Å². The van der Waals surface area contributed by atoms with Crippen LogP contribution in [0, 0.1) is 0 Å². The monoisotopic (exact) mass is 669 g/mol. The van der Waals surface area contributed by atoms with Crippen LogP contribution in [0.1, 0.15) is 71.1 Å². The van der Waals surface area contributed by atoms with Crippen LogP contribution < -0.4 is 20.6 Å². The Bertz CT molecular complexity index is 688. The Balaban J connectivity index is 0.000000278. The maximum atomic E-state index is 12.1. The van der Waals surface area contributed by atoms with Crippen molar-refractivity contribution in [1.29, 1.82) is 0 Å². The zero-order chi connectivity index (χ0) is 23.2. The third-order valence-electron chi connectivity index (χ3n) is 5.86. The largest absolute Gasteiger partial charge is 2.00 e. The van der Waals surface area contributed by atoms with Gasteiger partial charge in [0.15, 0.2) is 0 Å². The van der Waals surface area contributed by atoms with Crippen LogP contribution in [0.5, 0.6) is 0 Å². The molecule has 2 aromatic carbocycles. The second kappa shape index (κ2) is 17.8. The molecule has 2 unspecified atom stereocenters. The Labute approximate surface area is 216 Å². The molecule has 1 N–H and O–H groups in total. The molecule has 2 aromatic rings. The zero-order valence-corrected chi connectivity index (χ0v) is 23.4. The molecule has 0 radical (unpaired) electrons. The molecular weight excluding hydrogens is 633 g/mol. The molecule has 0 saturated heterocycles. The summed E-state index contributed by atoms with van der Waals surface area (Å²) >= 11 is 0. The van der Waals surface area contributed by atoms with Crippen LogP contribution in [-0.4, -0.2) is 22.2 Å². The molecule has 2 atom stereocenters. The summed E-state index contributed by atoms with van der Waals surface area (Å²) in [6.07, 6.45) is 12.6. The molecule has 4 rings (SSSR count). The molecular formula is C26H36O4P2Pt. The molecule has 184 valence electrons. The summed E-state index contributed by atoms with van der Waals surface area (Å²) in [6, 6.07) is 20.1. The SMILES string of the molecule is CC(=O)[O-].OP(c1ccccc1)C1CCCCC1.[O-]P(c1ccccc1)C1CCCCC1.[Pt+2]. The third-order valence-corrected chi connectivity index (χ3v) is 9.88. The van der Waals surface area contributed by atoms with Gasteiger partial charge < -0.3 is 19.7 Å². The average Bonchev–Trinajstić information content (AvgIpc) is 2.85. The van der Waals surface area contributed by atoms with Crippen LogP contribution >= 0.6 is 16.3 Å². The molecule has 0 spiro atoms. The van der Waals surface area contributed by atoms with E-state index >= 15 is 0 Å². The van der Waals surface area contributed by atoms with Crippen molar-refractivity contribution in [2.24, 2.45) is 0 Å².